The van der Waals surface area contributed by atoms with E-state index < -0.39 is 0 Å². The van der Waals surface area contributed by atoms with E-state index in [0.29, 0.717) is 24.2 Å². The summed E-state index contributed by atoms with van der Waals surface area (Å²) < 4.78 is 0. The smallest absolute Gasteiger partial charge is 0.297 e. The molecular formula is C18H16N4O2. The number of aromatic nitrogens is 4. The van der Waals surface area contributed by atoms with Gasteiger partial charge in [-0.25, -0.2) is 0 Å². The lowest BCUT2D eigenvalue weighted by atomic mass is 10.1. The molecule has 6 nitrogen and oxygen atoms in total. The van der Waals surface area contributed by atoms with Crippen molar-refractivity contribution >= 4 is 11.7 Å². The van der Waals surface area contributed by atoms with Crippen LogP contribution in [0.3, 0.4) is 0 Å². The average molecular weight is 320 g/mol. The van der Waals surface area contributed by atoms with Crippen molar-refractivity contribution in [2.45, 2.75) is 19.8 Å². The third kappa shape index (κ3) is 3.60. The Morgan fingerprint density at radius 2 is 1.71 bits per heavy atom. The number of nitrogens with zero attached hydrogens (tertiary/aromatic N) is 4. The Bertz CT molecular complexity index is 854. The molecule has 120 valence electrons. The molecular weight excluding hydrogens is 304 g/mol. The predicted octanol–water partition coefficient (Wildman–Crippen LogP) is 2.55. The van der Waals surface area contributed by atoms with Crippen molar-refractivity contribution in [1.82, 2.24) is 20.2 Å². The van der Waals surface area contributed by atoms with E-state index in [9.17, 15) is 9.59 Å². The summed E-state index contributed by atoms with van der Waals surface area (Å²) in [4.78, 5) is 24.3. The zero-order chi connectivity index (χ0) is 16.9. The molecule has 0 bridgehead atoms. The van der Waals surface area contributed by atoms with Gasteiger partial charge in [0.15, 0.2) is 0 Å². The van der Waals surface area contributed by atoms with Crippen molar-refractivity contribution in [2.24, 2.45) is 0 Å². The number of carbonyl (C=O) groups excluding carboxylic acids is 2. The van der Waals surface area contributed by atoms with Crippen molar-refractivity contribution in [3.8, 4) is 11.4 Å². The minimum Gasteiger partial charge on any atom is -0.300 e. The molecule has 0 aliphatic rings. The van der Waals surface area contributed by atoms with Crippen LogP contribution in [0.4, 0.5) is 0 Å². The van der Waals surface area contributed by atoms with Gasteiger partial charge in [-0.2, -0.15) is 0 Å². The molecule has 2 aromatic carbocycles. The van der Waals surface area contributed by atoms with Crippen molar-refractivity contribution in [3.05, 3.63) is 65.7 Å². The third-order valence-electron chi connectivity index (χ3n) is 3.59. The number of benzene rings is 2. The van der Waals surface area contributed by atoms with Crippen LogP contribution in [0.25, 0.3) is 11.4 Å². The van der Waals surface area contributed by atoms with Crippen LogP contribution in [0.5, 0.6) is 0 Å². The van der Waals surface area contributed by atoms with E-state index in [1.807, 2.05) is 30.3 Å². The second-order valence-electron chi connectivity index (χ2n) is 5.47. The standard InChI is InChI=1S/C18H16N4O2/c1-13(23)7-8-14-9-11-15(12-10-14)17-19-21-22(20-17)18(24)16-5-3-2-4-6-16/h2-6,9-12H,7-8H2,1H3. The first-order chi connectivity index (χ1) is 11.6. The normalized spacial score (nSPS) is 10.5. The highest BCUT2D eigenvalue weighted by atomic mass is 16.2. The Balaban J connectivity index is 1.76. The fourth-order valence-corrected chi connectivity index (χ4v) is 2.25. The molecule has 0 aliphatic carbocycles. The number of Topliss-reactive ketones (excluding diaryl/α,β-unsaturated/α-hetero) is 1. The summed E-state index contributed by atoms with van der Waals surface area (Å²) in [5.74, 6) is 0.230. The zero-order valence-electron chi connectivity index (χ0n) is 13.2. The van der Waals surface area contributed by atoms with Gasteiger partial charge in [0.1, 0.15) is 5.78 Å². The van der Waals surface area contributed by atoms with Gasteiger partial charge in [-0.3, -0.25) is 4.79 Å². The molecule has 0 N–H and O–H groups in total. The molecule has 3 aromatic rings. The van der Waals surface area contributed by atoms with E-state index >= 15 is 0 Å². The number of hydrogen-bond donors (Lipinski definition) is 0. The summed E-state index contributed by atoms with van der Waals surface area (Å²) in [7, 11) is 0. The van der Waals surface area contributed by atoms with Gasteiger partial charge in [0, 0.05) is 17.5 Å². The van der Waals surface area contributed by atoms with E-state index in [2.05, 4.69) is 15.4 Å². The minimum atomic E-state index is -0.326. The summed E-state index contributed by atoms with van der Waals surface area (Å²) in [5, 5.41) is 11.9. The third-order valence-corrected chi connectivity index (χ3v) is 3.59. The Morgan fingerprint density at radius 1 is 1.00 bits per heavy atom. The highest BCUT2D eigenvalue weighted by Crippen LogP contribution is 2.15. The Kier molecular flexibility index (Phi) is 4.56. The zero-order valence-corrected chi connectivity index (χ0v) is 13.2. The van der Waals surface area contributed by atoms with Crippen molar-refractivity contribution < 1.29 is 9.59 Å². The van der Waals surface area contributed by atoms with E-state index in [-0.39, 0.29) is 11.7 Å². The van der Waals surface area contributed by atoms with E-state index in [1.165, 1.54) is 0 Å². The molecule has 3 rings (SSSR count). The molecule has 1 aromatic heterocycles. The molecule has 1 heterocycles. The Labute approximate surface area is 139 Å². The van der Waals surface area contributed by atoms with Crippen molar-refractivity contribution in [2.75, 3.05) is 0 Å². The number of hydrogen-bond acceptors (Lipinski definition) is 5. The van der Waals surface area contributed by atoms with Gasteiger partial charge in [-0.1, -0.05) is 47.3 Å². The first-order valence-electron chi connectivity index (χ1n) is 7.62. The van der Waals surface area contributed by atoms with Gasteiger partial charge in [-0.15, -0.1) is 10.2 Å². The summed E-state index contributed by atoms with van der Waals surface area (Å²) in [6.07, 6.45) is 1.24. The SMILES string of the molecule is CC(=O)CCc1ccc(-c2nnn(C(=O)c3ccccc3)n2)cc1. The molecule has 0 atom stereocenters. The lowest BCUT2D eigenvalue weighted by molar-refractivity contribution is -0.116. The first kappa shape index (κ1) is 15.7. The van der Waals surface area contributed by atoms with Crippen LogP contribution in [-0.2, 0) is 11.2 Å². The summed E-state index contributed by atoms with van der Waals surface area (Å²) >= 11 is 0. The van der Waals surface area contributed by atoms with Crippen LogP contribution in [0.1, 0.15) is 29.3 Å². The lowest BCUT2D eigenvalue weighted by Gasteiger charge is -2.00. The van der Waals surface area contributed by atoms with Crippen LogP contribution in [-0.4, -0.2) is 31.9 Å². The highest BCUT2D eigenvalue weighted by molar-refractivity contribution is 5.94. The summed E-state index contributed by atoms with van der Waals surface area (Å²) in [6.45, 7) is 1.58. The second kappa shape index (κ2) is 6.95. The maximum Gasteiger partial charge on any atom is 0.297 e. The molecule has 6 heteroatoms. The molecule has 0 amide bonds. The Morgan fingerprint density at radius 3 is 2.38 bits per heavy atom. The molecule has 0 unspecified atom stereocenters. The van der Waals surface area contributed by atoms with Crippen LogP contribution in [0, 0.1) is 0 Å². The van der Waals surface area contributed by atoms with Gasteiger partial charge in [0.05, 0.1) is 0 Å². The van der Waals surface area contributed by atoms with Crippen LogP contribution < -0.4 is 0 Å². The molecule has 0 spiro atoms. The predicted molar refractivity (Wildman–Crippen MR) is 88.4 cm³/mol. The topological polar surface area (TPSA) is 77.7 Å². The Hall–Kier alpha value is -3.15. The quantitative estimate of drug-likeness (QED) is 0.722. The number of aryl methyl sites for hydroxylation is 1. The summed E-state index contributed by atoms with van der Waals surface area (Å²) in [6, 6.07) is 16.4. The van der Waals surface area contributed by atoms with Crippen LogP contribution in [0.15, 0.2) is 54.6 Å². The fourth-order valence-electron chi connectivity index (χ4n) is 2.25. The largest absolute Gasteiger partial charge is 0.300 e. The first-order valence-corrected chi connectivity index (χ1v) is 7.62. The van der Waals surface area contributed by atoms with Gasteiger partial charge in [0.2, 0.25) is 5.82 Å². The fraction of sp³-hybridized carbons (Fsp3) is 0.167. The second-order valence-corrected chi connectivity index (χ2v) is 5.47. The van der Waals surface area contributed by atoms with Gasteiger partial charge in [-0.05, 0) is 36.3 Å². The maximum absolute atomic E-state index is 12.3. The molecule has 0 radical (unpaired) electrons. The van der Waals surface area contributed by atoms with E-state index in [0.717, 1.165) is 15.9 Å². The lowest BCUT2D eigenvalue weighted by Crippen LogP contribution is -2.15. The average Bonchev–Trinajstić information content (AvgIpc) is 3.10. The summed E-state index contributed by atoms with van der Waals surface area (Å²) in [5.41, 5.74) is 2.34. The number of rotatable bonds is 5. The van der Waals surface area contributed by atoms with Crippen LogP contribution in [0.2, 0.25) is 0 Å². The molecule has 0 saturated heterocycles. The maximum atomic E-state index is 12.3. The number of tetrazole rings is 1. The molecule has 0 aliphatic heterocycles. The van der Waals surface area contributed by atoms with Gasteiger partial charge < -0.3 is 4.79 Å². The van der Waals surface area contributed by atoms with E-state index in [1.54, 1.807) is 31.2 Å². The molecule has 0 fully saturated rings. The van der Waals surface area contributed by atoms with Crippen molar-refractivity contribution in [3.63, 3.8) is 0 Å². The van der Waals surface area contributed by atoms with Crippen LogP contribution >= 0.6 is 0 Å². The van der Waals surface area contributed by atoms with Gasteiger partial charge >= 0.3 is 0 Å². The number of ketones is 1. The minimum absolute atomic E-state index is 0.170. The highest BCUT2D eigenvalue weighted by Gasteiger charge is 2.13. The molecule has 24 heavy (non-hydrogen) atoms. The monoisotopic (exact) mass is 320 g/mol. The van der Waals surface area contributed by atoms with Gasteiger partial charge in [0.25, 0.3) is 5.91 Å². The van der Waals surface area contributed by atoms with Crippen molar-refractivity contribution in [1.29, 1.82) is 0 Å². The molecule has 0 saturated carbocycles. The van der Waals surface area contributed by atoms with E-state index in [4.69, 9.17) is 0 Å². The number of carbonyl (C=O) groups is 2.